The molecule has 0 aromatic carbocycles. The highest BCUT2D eigenvalue weighted by Crippen LogP contribution is 2.24. The summed E-state index contributed by atoms with van der Waals surface area (Å²) in [4.78, 5) is 26.9. The summed E-state index contributed by atoms with van der Waals surface area (Å²) in [6.07, 6.45) is 2.03. The maximum atomic E-state index is 12.4. The number of carboxylic acid groups (broad SMARTS) is 1. The Kier molecular flexibility index (Phi) is 6.20. The number of amides is 1. The Morgan fingerprint density at radius 3 is 2.55 bits per heavy atom. The SMILES string of the molecule is CCCc1cc(C(=O)N(CC)CC(C)C(=O)O)sc1C. The molecular weight excluding hydrogens is 274 g/mol. The summed E-state index contributed by atoms with van der Waals surface area (Å²) < 4.78 is 0. The van der Waals surface area contributed by atoms with Gasteiger partial charge < -0.3 is 10.0 Å². The van der Waals surface area contributed by atoms with Crippen LogP contribution in [-0.2, 0) is 11.2 Å². The van der Waals surface area contributed by atoms with Crippen LogP contribution in [0, 0.1) is 12.8 Å². The van der Waals surface area contributed by atoms with Crippen LogP contribution in [0.25, 0.3) is 0 Å². The number of aryl methyl sites for hydroxylation is 2. The fourth-order valence-corrected chi connectivity index (χ4v) is 3.10. The lowest BCUT2D eigenvalue weighted by molar-refractivity contribution is -0.141. The molecule has 0 aliphatic rings. The van der Waals surface area contributed by atoms with E-state index in [4.69, 9.17) is 5.11 Å². The topological polar surface area (TPSA) is 57.6 Å². The van der Waals surface area contributed by atoms with Gasteiger partial charge in [0.1, 0.15) is 0 Å². The van der Waals surface area contributed by atoms with Gasteiger partial charge >= 0.3 is 5.97 Å². The fraction of sp³-hybridized carbons (Fsp3) is 0.600. The number of carbonyl (C=O) groups is 2. The predicted octanol–water partition coefficient (Wildman–Crippen LogP) is 3.19. The lowest BCUT2D eigenvalue weighted by Crippen LogP contribution is -2.36. The third kappa shape index (κ3) is 4.07. The molecule has 1 unspecified atom stereocenters. The Balaban J connectivity index is 2.85. The van der Waals surface area contributed by atoms with Gasteiger partial charge in [-0.2, -0.15) is 0 Å². The molecule has 0 saturated heterocycles. The summed E-state index contributed by atoms with van der Waals surface area (Å²) in [5.74, 6) is -1.48. The van der Waals surface area contributed by atoms with Gasteiger partial charge in [0.05, 0.1) is 10.8 Å². The highest BCUT2D eigenvalue weighted by atomic mass is 32.1. The third-order valence-corrected chi connectivity index (χ3v) is 4.42. The van der Waals surface area contributed by atoms with E-state index >= 15 is 0 Å². The van der Waals surface area contributed by atoms with Crippen LogP contribution in [0.4, 0.5) is 0 Å². The molecule has 0 spiro atoms. The van der Waals surface area contributed by atoms with Gasteiger partial charge in [-0.1, -0.05) is 20.3 Å². The smallest absolute Gasteiger partial charge is 0.308 e. The Bertz CT molecular complexity index is 481. The molecule has 1 heterocycles. The molecule has 0 aliphatic heterocycles. The van der Waals surface area contributed by atoms with Crippen molar-refractivity contribution >= 4 is 23.2 Å². The van der Waals surface area contributed by atoms with Gasteiger partial charge in [-0.3, -0.25) is 9.59 Å². The maximum absolute atomic E-state index is 12.4. The van der Waals surface area contributed by atoms with E-state index in [0.717, 1.165) is 12.8 Å². The fourth-order valence-electron chi connectivity index (χ4n) is 2.06. The summed E-state index contributed by atoms with van der Waals surface area (Å²) in [5.41, 5.74) is 1.23. The van der Waals surface area contributed by atoms with E-state index in [9.17, 15) is 9.59 Å². The summed E-state index contributed by atoms with van der Waals surface area (Å²) in [6.45, 7) is 8.43. The highest BCUT2D eigenvalue weighted by molar-refractivity contribution is 7.14. The molecule has 1 rings (SSSR count). The minimum Gasteiger partial charge on any atom is -0.481 e. The van der Waals surface area contributed by atoms with Crippen molar-refractivity contribution in [3.8, 4) is 0 Å². The molecule has 0 radical (unpaired) electrons. The number of hydrogen-bond acceptors (Lipinski definition) is 3. The average Bonchev–Trinajstić information content (AvgIpc) is 2.76. The quantitative estimate of drug-likeness (QED) is 0.841. The van der Waals surface area contributed by atoms with Crippen molar-refractivity contribution in [3.05, 3.63) is 21.4 Å². The zero-order chi connectivity index (χ0) is 15.3. The molecule has 1 aromatic rings. The van der Waals surface area contributed by atoms with Crippen molar-refractivity contribution in [2.24, 2.45) is 5.92 Å². The summed E-state index contributed by atoms with van der Waals surface area (Å²) in [7, 11) is 0. The highest BCUT2D eigenvalue weighted by Gasteiger charge is 2.22. The van der Waals surface area contributed by atoms with Crippen LogP contribution in [-0.4, -0.2) is 35.0 Å². The van der Waals surface area contributed by atoms with Crippen LogP contribution in [0.3, 0.4) is 0 Å². The summed E-state index contributed by atoms with van der Waals surface area (Å²) >= 11 is 1.50. The van der Waals surface area contributed by atoms with E-state index < -0.39 is 11.9 Å². The van der Waals surface area contributed by atoms with Crippen molar-refractivity contribution in [1.29, 1.82) is 0 Å². The Labute approximate surface area is 124 Å². The first-order valence-electron chi connectivity index (χ1n) is 7.02. The standard InChI is InChI=1S/C15H23NO3S/c1-5-7-12-8-13(20-11(12)4)14(17)16(6-2)9-10(3)15(18)19/h8,10H,5-7,9H2,1-4H3,(H,18,19). The van der Waals surface area contributed by atoms with Crippen LogP contribution in [0.5, 0.6) is 0 Å². The molecule has 0 saturated carbocycles. The van der Waals surface area contributed by atoms with E-state index in [1.165, 1.54) is 21.8 Å². The zero-order valence-electron chi connectivity index (χ0n) is 12.6. The van der Waals surface area contributed by atoms with Gasteiger partial charge in [-0.25, -0.2) is 0 Å². The van der Waals surface area contributed by atoms with Crippen molar-refractivity contribution in [2.75, 3.05) is 13.1 Å². The minimum absolute atomic E-state index is 0.0592. The first kappa shape index (κ1) is 16.7. The third-order valence-electron chi connectivity index (χ3n) is 3.34. The second-order valence-electron chi connectivity index (χ2n) is 5.03. The maximum Gasteiger partial charge on any atom is 0.308 e. The molecule has 112 valence electrons. The van der Waals surface area contributed by atoms with E-state index in [1.54, 1.807) is 11.8 Å². The van der Waals surface area contributed by atoms with Crippen LogP contribution in [0.1, 0.15) is 47.3 Å². The number of carboxylic acids is 1. The van der Waals surface area contributed by atoms with Crippen LogP contribution < -0.4 is 0 Å². The first-order valence-corrected chi connectivity index (χ1v) is 7.83. The number of aliphatic carboxylic acids is 1. The monoisotopic (exact) mass is 297 g/mol. The largest absolute Gasteiger partial charge is 0.481 e. The van der Waals surface area contributed by atoms with E-state index in [-0.39, 0.29) is 12.5 Å². The molecule has 0 aliphatic carbocycles. The number of nitrogens with zero attached hydrogens (tertiary/aromatic N) is 1. The second-order valence-corrected chi connectivity index (χ2v) is 6.28. The molecular formula is C15H23NO3S. The summed E-state index contributed by atoms with van der Waals surface area (Å²) in [5, 5.41) is 8.96. The number of thiophene rings is 1. The van der Waals surface area contributed by atoms with Crippen molar-refractivity contribution < 1.29 is 14.7 Å². The van der Waals surface area contributed by atoms with Gasteiger partial charge in [0.15, 0.2) is 0 Å². The second kappa shape index (κ2) is 7.43. The molecule has 1 aromatic heterocycles. The normalized spacial score (nSPS) is 12.2. The molecule has 5 heteroatoms. The molecule has 1 atom stereocenters. The van der Waals surface area contributed by atoms with Crippen molar-refractivity contribution in [1.82, 2.24) is 4.90 Å². The molecule has 0 bridgehead atoms. The molecule has 4 nitrogen and oxygen atoms in total. The molecule has 20 heavy (non-hydrogen) atoms. The minimum atomic E-state index is -0.870. The van der Waals surface area contributed by atoms with Crippen LogP contribution >= 0.6 is 11.3 Å². The molecule has 1 amide bonds. The Hall–Kier alpha value is -1.36. The number of carbonyl (C=O) groups excluding carboxylic acids is 1. The van der Waals surface area contributed by atoms with Gasteiger partial charge in [-0.15, -0.1) is 11.3 Å². The van der Waals surface area contributed by atoms with Gasteiger partial charge in [0.2, 0.25) is 0 Å². The van der Waals surface area contributed by atoms with Crippen LogP contribution in [0.15, 0.2) is 6.07 Å². The number of rotatable bonds is 7. The lowest BCUT2D eigenvalue weighted by atomic mass is 10.1. The van der Waals surface area contributed by atoms with Crippen LogP contribution in [0.2, 0.25) is 0 Å². The average molecular weight is 297 g/mol. The Morgan fingerprint density at radius 2 is 2.05 bits per heavy atom. The lowest BCUT2D eigenvalue weighted by Gasteiger charge is -2.22. The van der Waals surface area contributed by atoms with Crippen molar-refractivity contribution in [3.63, 3.8) is 0 Å². The van der Waals surface area contributed by atoms with E-state index in [0.29, 0.717) is 11.4 Å². The Morgan fingerprint density at radius 1 is 1.40 bits per heavy atom. The summed E-state index contributed by atoms with van der Waals surface area (Å²) in [6, 6.07) is 1.96. The predicted molar refractivity (Wildman–Crippen MR) is 81.4 cm³/mol. The molecule has 1 N–H and O–H groups in total. The van der Waals surface area contributed by atoms with Gasteiger partial charge in [-0.05, 0) is 31.9 Å². The van der Waals surface area contributed by atoms with E-state index in [2.05, 4.69) is 6.92 Å². The zero-order valence-corrected chi connectivity index (χ0v) is 13.4. The van der Waals surface area contributed by atoms with Gasteiger partial charge in [0.25, 0.3) is 5.91 Å². The van der Waals surface area contributed by atoms with Gasteiger partial charge in [0, 0.05) is 18.0 Å². The van der Waals surface area contributed by atoms with Crippen molar-refractivity contribution in [2.45, 2.75) is 40.5 Å². The number of hydrogen-bond donors (Lipinski definition) is 1. The molecule has 0 fully saturated rings. The first-order chi connectivity index (χ1) is 9.40. The van der Waals surface area contributed by atoms with E-state index in [1.807, 2.05) is 19.9 Å².